The van der Waals surface area contributed by atoms with Crippen LogP contribution in [0.15, 0.2) is 23.7 Å². The second-order valence-corrected chi connectivity index (χ2v) is 5.58. The molecule has 0 bridgehead atoms. The summed E-state index contributed by atoms with van der Waals surface area (Å²) in [5.41, 5.74) is 0. The lowest BCUT2D eigenvalue weighted by atomic mass is 9.93. The van der Waals surface area contributed by atoms with E-state index in [1.165, 1.54) is 0 Å². The second-order valence-electron chi connectivity index (χ2n) is 5.58. The molecule has 23 heavy (non-hydrogen) atoms. The highest BCUT2D eigenvalue weighted by atomic mass is 127. The first-order chi connectivity index (χ1) is 10.7. The number of imidazole rings is 1. The minimum atomic E-state index is 0. The van der Waals surface area contributed by atoms with Crippen LogP contribution in [-0.4, -0.2) is 60.0 Å². The standard InChI is InChI=1S/C15H26N6O.HI/c1-16-14(22)11-13-3-7-21(8-4-13)15(17-2)19-6-10-20-9-5-18-12-20;/h5,9,12-13H,3-4,6-8,10-11H2,1-2H3,(H,16,22)(H,17,19);1H. The molecular weight excluding hydrogens is 407 g/mol. The molecule has 1 aliphatic rings. The minimum Gasteiger partial charge on any atom is -0.359 e. The maximum Gasteiger partial charge on any atom is 0.220 e. The molecule has 1 aromatic heterocycles. The third kappa shape index (κ3) is 6.36. The zero-order valence-electron chi connectivity index (χ0n) is 13.9. The van der Waals surface area contributed by atoms with E-state index in [-0.39, 0.29) is 29.9 Å². The predicted octanol–water partition coefficient (Wildman–Crippen LogP) is 0.925. The van der Waals surface area contributed by atoms with Gasteiger partial charge in [0, 0.05) is 59.1 Å². The Bertz CT molecular complexity index is 482. The summed E-state index contributed by atoms with van der Waals surface area (Å²) in [6, 6.07) is 0. The van der Waals surface area contributed by atoms with Crippen LogP contribution in [0.25, 0.3) is 0 Å². The van der Waals surface area contributed by atoms with Crippen molar-refractivity contribution in [2.24, 2.45) is 10.9 Å². The number of hydrogen-bond donors (Lipinski definition) is 2. The van der Waals surface area contributed by atoms with Crippen LogP contribution in [0.5, 0.6) is 0 Å². The van der Waals surface area contributed by atoms with Gasteiger partial charge in [-0.15, -0.1) is 24.0 Å². The van der Waals surface area contributed by atoms with E-state index >= 15 is 0 Å². The molecule has 0 saturated carbocycles. The quantitative estimate of drug-likeness (QED) is 0.411. The molecule has 2 rings (SSSR count). The molecule has 0 atom stereocenters. The first kappa shape index (κ1) is 19.7. The Morgan fingerprint density at radius 2 is 2.13 bits per heavy atom. The van der Waals surface area contributed by atoms with Crippen LogP contribution in [0, 0.1) is 5.92 Å². The summed E-state index contributed by atoms with van der Waals surface area (Å²) < 4.78 is 2.04. The number of carbonyl (C=O) groups excluding carboxylic acids is 1. The lowest BCUT2D eigenvalue weighted by Crippen LogP contribution is -2.46. The number of aliphatic imine (C=N–C) groups is 1. The number of guanidine groups is 1. The number of aromatic nitrogens is 2. The molecule has 1 aliphatic heterocycles. The fourth-order valence-electron chi connectivity index (χ4n) is 2.76. The molecule has 0 radical (unpaired) electrons. The Labute approximate surface area is 155 Å². The van der Waals surface area contributed by atoms with Crippen molar-refractivity contribution in [2.45, 2.75) is 25.8 Å². The van der Waals surface area contributed by atoms with Crippen LogP contribution >= 0.6 is 24.0 Å². The Morgan fingerprint density at radius 1 is 1.39 bits per heavy atom. The van der Waals surface area contributed by atoms with Gasteiger partial charge in [0.1, 0.15) is 0 Å². The maximum absolute atomic E-state index is 11.4. The monoisotopic (exact) mass is 434 g/mol. The van der Waals surface area contributed by atoms with Crippen molar-refractivity contribution in [3.8, 4) is 0 Å². The molecule has 1 fully saturated rings. The van der Waals surface area contributed by atoms with Gasteiger partial charge in [0.25, 0.3) is 0 Å². The van der Waals surface area contributed by atoms with Gasteiger partial charge in [-0.25, -0.2) is 4.98 Å². The average Bonchev–Trinajstić information content (AvgIpc) is 3.06. The summed E-state index contributed by atoms with van der Waals surface area (Å²) in [6.45, 7) is 3.59. The van der Waals surface area contributed by atoms with Gasteiger partial charge in [0.15, 0.2) is 5.96 Å². The van der Waals surface area contributed by atoms with Gasteiger partial charge in [0.2, 0.25) is 5.91 Å². The van der Waals surface area contributed by atoms with E-state index in [1.807, 2.05) is 24.1 Å². The average molecular weight is 434 g/mol. The molecule has 1 aromatic rings. The molecule has 0 spiro atoms. The molecule has 0 unspecified atom stereocenters. The number of hydrogen-bond acceptors (Lipinski definition) is 3. The summed E-state index contributed by atoms with van der Waals surface area (Å²) in [5, 5.41) is 6.09. The summed E-state index contributed by atoms with van der Waals surface area (Å²) in [6.07, 6.45) is 8.26. The summed E-state index contributed by atoms with van der Waals surface area (Å²) in [5.74, 6) is 1.57. The predicted molar refractivity (Wildman–Crippen MR) is 102 cm³/mol. The molecule has 1 saturated heterocycles. The van der Waals surface area contributed by atoms with Crippen LogP contribution < -0.4 is 10.6 Å². The Kier molecular flexibility index (Phi) is 8.97. The SMILES string of the molecule is CN=C(NCCn1ccnc1)N1CCC(CC(=O)NC)CC1.I. The lowest BCUT2D eigenvalue weighted by Gasteiger charge is -2.34. The van der Waals surface area contributed by atoms with Crippen LogP contribution in [0.4, 0.5) is 0 Å². The third-order valence-corrected chi connectivity index (χ3v) is 4.09. The Hall–Kier alpha value is -1.32. The van der Waals surface area contributed by atoms with E-state index in [0.29, 0.717) is 12.3 Å². The molecule has 8 heteroatoms. The number of carbonyl (C=O) groups is 1. The number of piperidine rings is 1. The molecule has 0 aromatic carbocycles. The van der Waals surface area contributed by atoms with E-state index in [2.05, 4.69) is 25.5 Å². The Morgan fingerprint density at radius 3 is 2.70 bits per heavy atom. The van der Waals surface area contributed by atoms with E-state index in [4.69, 9.17) is 0 Å². The zero-order valence-corrected chi connectivity index (χ0v) is 16.2. The minimum absolute atomic E-state index is 0. The van der Waals surface area contributed by atoms with Crippen molar-refractivity contribution in [1.29, 1.82) is 0 Å². The molecule has 7 nitrogen and oxygen atoms in total. The van der Waals surface area contributed by atoms with Gasteiger partial charge in [-0.05, 0) is 18.8 Å². The van der Waals surface area contributed by atoms with Crippen LogP contribution in [-0.2, 0) is 11.3 Å². The van der Waals surface area contributed by atoms with Crippen molar-refractivity contribution in [1.82, 2.24) is 25.1 Å². The van der Waals surface area contributed by atoms with Gasteiger partial charge in [-0.2, -0.15) is 0 Å². The topological polar surface area (TPSA) is 74.5 Å². The van der Waals surface area contributed by atoms with Crippen molar-refractivity contribution in [3.05, 3.63) is 18.7 Å². The zero-order chi connectivity index (χ0) is 15.8. The highest BCUT2D eigenvalue weighted by Gasteiger charge is 2.22. The number of amides is 1. The van der Waals surface area contributed by atoms with Gasteiger partial charge < -0.3 is 20.1 Å². The number of halogens is 1. The van der Waals surface area contributed by atoms with Gasteiger partial charge in [0.05, 0.1) is 6.33 Å². The van der Waals surface area contributed by atoms with Crippen LogP contribution in [0.1, 0.15) is 19.3 Å². The second kappa shape index (κ2) is 10.5. The van der Waals surface area contributed by atoms with Crippen molar-refractivity contribution < 1.29 is 4.79 Å². The number of nitrogens with one attached hydrogen (secondary N) is 2. The number of rotatable bonds is 5. The van der Waals surface area contributed by atoms with E-state index in [0.717, 1.165) is 45.0 Å². The van der Waals surface area contributed by atoms with Gasteiger partial charge in [-0.1, -0.05) is 0 Å². The molecule has 2 N–H and O–H groups in total. The number of nitrogens with zero attached hydrogens (tertiary/aromatic N) is 4. The fourth-order valence-corrected chi connectivity index (χ4v) is 2.76. The molecule has 130 valence electrons. The van der Waals surface area contributed by atoms with Gasteiger partial charge >= 0.3 is 0 Å². The van der Waals surface area contributed by atoms with Gasteiger partial charge in [-0.3, -0.25) is 9.79 Å². The van der Waals surface area contributed by atoms with Crippen LogP contribution in [0.2, 0.25) is 0 Å². The molecular formula is C15H27IN6O. The van der Waals surface area contributed by atoms with Crippen LogP contribution in [0.3, 0.4) is 0 Å². The highest BCUT2D eigenvalue weighted by molar-refractivity contribution is 14.0. The van der Waals surface area contributed by atoms with Crippen molar-refractivity contribution in [3.63, 3.8) is 0 Å². The molecule has 1 amide bonds. The lowest BCUT2D eigenvalue weighted by molar-refractivity contribution is -0.121. The van der Waals surface area contributed by atoms with E-state index < -0.39 is 0 Å². The molecule has 0 aliphatic carbocycles. The summed E-state index contributed by atoms with van der Waals surface area (Å²) in [7, 11) is 3.51. The van der Waals surface area contributed by atoms with Crippen molar-refractivity contribution in [2.75, 3.05) is 33.7 Å². The normalized spacial score (nSPS) is 15.9. The smallest absolute Gasteiger partial charge is 0.220 e. The maximum atomic E-state index is 11.4. The van der Waals surface area contributed by atoms with E-state index in [9.17, 15) is 4.79 Å². The third-order valence-electron chi connectivity index (χ3n) is 4.09. The largest absolute Gasteiger partial charge is 0.359 e. The van der Waals surface area contributed by atoms with Crippen molar-refractivity contribution >= 4 is 35.8 Å². The Balaban J connectivity index is 0.00000264. The summed E-state index contributed by atoms with van der Waals surface area (Å²) in [4.78, 5) is 22.1. The van der Waals surface area contributed by atoms with E-state index in [1.54, 1.807) is 13.2 Å². The first-order valence-corrected chi connectivity index (χ1v) is 7.85. The molecule has 2 heterocycles. The fraction of sp³-hybridized carbons (Fsp3) is 0.667. The highest BCUT2D eigenvalue weighted by Crippen LogP contribution is 2.20. The number of likely N-dealkylation sites (tertiary alicyclic amines) is 1. The summed E-state index contributed by atoms with van der Waals surface area (Å²) >= 11 is 0. The first-order valence-electron chi connectivity index (χ1n) is 7.85.